The highest BCUT2D eigenvalue weighted by Crippen LogP contribution is 2.03. The van der Waals surface area contributed by atoms with E-state index < -0.39 is 0 Å². The van der Waals surface area contributed by atoms with E-state index in [0.29, 0.717) is 0 Å². The molecule has 2 heterocycles. The van der Waals surface area contributed by atoms with E-state index in [9.17, 15) is 9.59 Å². The maximum absolute atomic E-state index is 11.0. The van der Waals surface area contributed by atoms with Crippen LogP contribution in [0.15, 0.2) is 12.4 Å². The Bertz CT molecular complexity index is 253. The first-order valence-electron chi connectivity index (χ1n) is 4.53. The minimum absolute atomic E-state index is 0.123. The summed E-state index contributed by atoms with van der Waals surface area (Å²) in [6.45, 7) is 3.28. The number of amides is 4. The van der Waals surface area contributed by atoms with Gasteiger partial charge in [-0.2, -0.15) is 0 Å². The number of hydrogen-bond acceptors (Lipinski definition) is 2. The van der Waals surface area contributed by atoms with Crippen molar-refractivity contribution >= 4 is 12.1 Å². The van der Waals surface area contributed by atoms with Crippen LogP contribution in [0.4, 0.5) is 9.59 Å². The molecule has 2 saturated heterocycles. The van der Waals surface area contributed by atoms with Crippen LogP contribution in [0.5, 0.6) is 0 Å². The quantitative estimate of drug-likeness (QED) is 0.585. The highest BCUT2D eigenvalue weighted by Gasteiger charge is 2.23. The molecule has 0 aromatic rings. The highest BCUT2D eigenvalue weighted by atomic mass is 16.2. The minimum Gasteiger partial charge on any atom is -0.321 e. The van der Waals surface area contributed by atoms with Gasteiger partial charge in [0, 0.05) is 38.6 Å². The molecule has 6 nitrogen and oxygen atoms in total. The van der Waals surface area contributed by atoms with Crippen molar-refractivity contribution in [2.24, 2.45) is 0 Å². The summed E-state index contributed by atoms with van der Waals surface area (Å²) in [6.07, 6.45) is 2.87. The maximum Gasteiger partial charge on any atom is 0.321 e. The van der Waals surface area contributed by atoms with E-state index in [4.69, 9.17) is 0 Å². The van der Waals surface area contributed by atoms with Crippen LogP contribution in [0.1, 0.15) is 0 Å². The number of carbonyl (C=O) groups excluding carboxylic acids is 2. The summed E-state index contributed by atoms with van der Waals surface area (Å²) < 4.78 is 0. The molecule has 2 N–H and O–H groups in total. The largest absolute Gasteiger partial charge is 0.321 e. The predicted molar refractivity (Wildman–Crippen MR) is 49.3 cm³/mol. The van der Waals surface area contributed by atoms with Crippen LogP contribution in [0.25, 0.3) is 0 Å². The van der Waals surface area contributed by atoms with E-state index in [-0.39, 0.29) is 12.1 Å². The molecule has 76 valence electrons. The van der Waals surface area contributed by atoms with Crippen LogP contribution < -0.4 is 10.6 Å². The van der Waals surface area contributed by atoms with Crippen molar-refractivity contribution in [3.8, 4) is 0 Å². The fourth-order valence-electron chi connectivity index (χ4n) is 0.915. The second-order valence-corrected chi connectivity index (χ2v) is 3.21. The van der Waals surface area contributed by atoms with Gasteiger partial charge in [-0.25, -0.2) is 9.59 Å². The Kier molecular flexibility index (Phi) is 2.26. The van der Waals surface area contributed by atoms with Gasteiger partial charge in [-0.3, -0.25) is 0 Å². The lowest BCUT2D eigenvalue weighted by molar-refractivity contribution is 0.231. The van der Waals surface area contributed by atoms with Crippen LogP contribution >= 0.6 is 0 Å². The molecule has 4 amide bonds. The lowest BCUT2D eigenvalue weighted by atomic mass is 10.8. The minimum atomic E-state index is -0.123. The number of nitrogens with zero attached hydrogens (tertiary/aromatic N) is 2. The summed E-state index contributed by atoms with van der Waals surface area (Å²) in [4.78, 5) is 25.4. The van der Waals surface area contributed by atoms with Crippen LogP contribution in [0, 0.1) is 0 Å². The monoisotopic (exact) mass is 196 g/mol. The second-order valence-electron chi connectivity index (χ2n) is 3.21. The zero-order valence-electron chi connectivity index (χ0n) is 7.69. The summed E-state index contributed by atoms with van der Waals surface area (Å²) in [5.74, 6) is 0. The summed E-state index contributed by atoms with van der Waals surface area (Å²) in [6, 6.07) is -0.246. The van der Waals surface area contributed by atoms with Crippen LogP contribution in [-0.2, 0) is 0 Å². The average Bonchev–Trinajstić information content (AvgIpc) is 3.06. The average molecular weight is 196 g/mol. The van der Waals surface area contributed by atoms with Crippen molar-refractivity contribution in [3.05, 3.63) is 12.4 Å². The number of hydrogen-bond donors (Lipinski definition) is 2. The molecule has 0 unspecified atom stereocenters. The molecule has 2 rings (SSSR count). The van der Waals surface area contributed by atoms with Crippen molar-refractivity contribution in [2.75, 3.05) is 26.2 Å². The Morgan fingerprint density at radius 1 is 0.857 bits per heavy atom. The lowest BCUT2D eigenvalue weighted by Gasteiger charge is -2.00. The molecule has 14 heavy (non-hydrogen) atoms. The first kappa shape index (κ1) is 8.86. The lowest BCUT2D eigenvalue weighted by Crippen LogP contribution is -2.26. The van der Waals surface area contributed by atoms with Crippen LogP contribution in [0.3, 0.4) is 0 Å². The first-order valence-corrected chi connectivity index (χ1v) is 4.53. The van der Waals surface area contributed by atoms with Gasteiger partial charge in [-0.1, -0.05) is 0 Å². The Labute approximate surface area is 81.5 Å². The highest BCUT2D eigenvalue weighted by molar-refractivity contribution is 5.78. The topological polar surface area (TPSA) is 64.2 Å². The molecule has 2 aliphatic heterocycles. The molecule has 2 aliphatic rings. The standard InChI is InChI=1S/C8H12N4O2/c13-7(11-3-4-11)9-1-2-10-8(14)12-5-6-12/h1-2H,3-6H2,(H,9,13)(H,10,14). The molecule has 2 fully saturated rings. The number of urea groups is 2. The Morgan fingerprint density at radius 3 is 1.50 bits per heavy atom. The molecule has 0 radical (unpaired) electrons. The van der Waals surface area contributed by atoms with Gasteiger partial charge in [0.25, 0.3) is 0 Å². The molecule has 0 aromatic carbocycles. The van der Waals surface area contributed by atoms with Crippen molar-refractivity contribution in [1.82, 2.24) is 20.4 Å². The molecule has 0 saturated carbocycles. The third-order valence-corrected chi connectivity index (χ3v) is 1.97. The second kappa shape index (κ2) is 3.57. The van der Waals surface area contributed by atoms with Crippen molar-refractivity contribution < 1.29 is 9.59 Å². The van der Waals surface area contributed by atoms with E-state index in [1.165, 1.54) is 12.4 Å². The Hall–Kier alpha value is -1.72. The zero-order valence-corrected chi connectivity index (χ0v) is 7.69. The summed E-state index contributed by atoms with van der Waals surface area (Å²) in [5.41, 5.74) is 0. The van der Waals surface area contributed by atoms with Gasteiger partial charge in [0.2, 0.25) is 0 Å². The number of rotatable bonds is 2. The molecular weight excluding hydrogens is 184 g/mol. The van der Waals surface area contributed by atoms with Gasteiger partial charge in [0.1, 0.15) is 0 Å². The SMILES string of the molecule is O=C(NC=CNC(=O)N1CC1)N1CC1. The molecule has 6 heteroatoms. The fourth-order valence-corrected chi connectivity index (χ4v) is 0.915. The summed E-state index contributed by atoms with van der Waals surface area (Å²) >= 11 is 0. The van der Waals surface area contributed by atoms with E-state index in [2.05, 4.69) is 10.6 Å². The van der Waals surface area contributed by atoms with Gasteiger partial charge in [0.05, 0.1) is 0 Å². The molecule has 0 aromatic heterocycles. The zero-order chi connectivity index (χ0) is 9.97. The number of carbonyl (C=O) groups is 2. The van der Waals surface area contributed by atoms with Gasteiger partial charge in [-0.15, -0.1) is 0 Å². The van der Waals surface area contributed by atoms with E-state index in [1.807, 2.05) is 0 Å². The number of nitrogens with one attached hydrogen (secondary N) is 2. The van der Waals surface area contributed by atoms with E-state index >= 15 is 0 Å². The molecule has 0 atom stereocenters. The first-order chi connectivity index (χ1) is 6.77. The van der Waals surface area contributed by atoms with Gasteiger partial charge < -0.3 is 20.4 Å². The third-order valence-electron chi connectivity index (χ3n) is 1.97. The van der Waals surface area contributed by atoms with Crippen LogP contribution in [0.2, 0.25) is 0 Å². The van der Waals surface area contributed by atoms with Gasteiger partial charge >= 0.3 is 12.1 Å². The van der Waals surface area contributed by atoms with E-state index in [0.717, 1.165) is 26.2 Å². The predicted octanol–water partition coefficient (Wildman–Crippen LogP) is -0.492. The fraction of sp³-hybridized carbons (Fsp3) is 0.500. The summed E-state index contributed by atoms with van der Waals surface area (Å²) in [5, 5.41) is 5.06. The van der Waals surface area contributed by atoms with Crippen molar-refractivity contribution in [2.45, 2.75) is 0 Å². The maximum atomic E-state index is 11.0. The molecule has 0 spiro atoms. The normalized spacial score (nSPS) is 18.3. The molecule has 0 bridgehead atoms. The molecular formula is C8H12N4O2. The Balaban J connectivity index is 1.61. The van der Waals surface area contributed by atoms with Crippen molar-refractivity contribution in [3.63, 3.8) is 0 Å². The third kappa shape index (κ3) is 2.38. The molecule has 0 aliphatic carbocycles. The van der Waals surface area contributed by atoms with Crippen molar-refractivity contribution in [1.29, 1.82) is 0 Å². The summed E-state index contributed by atoms with van der Waals surface area (Å²) in [7, 11) is 0. The van der Waals surface area contributed by atoms with Gasteiger partial charge in [-0.05, 0) is 0 Å². The van der Waals surface area contributed by atoms with E-state index in [1.54, 1.807) is 9.80 Å². The van der Waals surface area contributed by atoms with Gasteiger partial charge in [0.15, 0.2) is 0 Å². The smallest absolute Gasteiger partial charge is 0.321 e. The van der Waals surface area contributed by atoms with Crippen LogP contribution in [-0.4, -0.2) is 48.0 Å². The Morgan fingerprint density at radius 2 is 1.21 bits per heavy atom.